The third kappa shape index (κ3) is 10.8. The number of anilines is 1. The van der Waals surface area contributed by atoms with Crippen LogP contribution < -0.4 is 4.90 Å². The van der Waals surface area contributed by atoms with E-state index >= 15 is 0 Å². The molecular formula is C39H60N4O6. The maximum absolute atomic E-state index is 13.4. The van der Waals surface area contributed by atoms with Crippen molar-refractivity contribution >= 4 is 23.8 Å². The normalized spacial score (nSPS) is 29.9. The molecule has 1 amide bonds. The number of carbonyl (C=O) groups excluding carboxylic acids is 2. The number of hydrogen-bond acceptors (Lipinski definition) is 9. The molecule has 0 unspecified atom stereocenters. The molecule has 0 spiro atoms. The smallest absolute Gasteiger partial charge is 0.410 e. The molecule has 0 bridgehead atoms. The first kappa shape index (κ1) is 37.3. The number of aliphatic hydroxyl groups excluding tert-OH is 2. The number of aliphatic hydroxyl groups is 2. The highest BCUT2D eigenvalue weighted by atomic mass is 16.6. The van der Waals surface area contributed by atoms with Crippen molar-refractivity contribution in [1.29, 1.82) is 0 Å². The lowest BCUT2D eigenvalue weighted by Gasteiger charge is -2.40. The zero-order valence-corrected chi connectivity index (χ0v) is 30.0. The summed E-state index contributed by atoms with van der Waals surface area (Å²) < 4.78 is 12.2. The van der Waals surface area contributed by atoms with Gasteiger partial charge < -0.3 is 34.4 Å². The van der Waals surface area contributed by atoms with Gasteiger partial charge in [0.15, 0.2) is 0 Å². The first-order valence-corrected chi connectivity index (χ1v) is 18.8. The van der Waals surface area contributed by atoms with Crippen molar-refractivity contribution in [2.24, 2.45) is 11.8 Å². The Morgan fingerprint density at radius 1 is 0.959 bits per heavy atom. The van der Waals surface area contributed by atoms with Crippen molar-refractivity contribution in [3.63, 3.8) is 0 Å². The minimum Gasteiger partial charge on any atom is -0.457 e. The summed E-state index contributed by atoms with van der Waals surface area (Å²) in [6.07, 6.45) is 10.8. The Labute approximate surface area is 293 Å². The standard InChI is InChI=1S/C39H60N4O6/c1-29-10-12-35(45)28-37(46)49-38(31(3)26-32-8-7-9-34(27-32)42-22-20-40(21-23-42)24-25-44)30(2)11-13-36(29)48-39(47)43-18-14-33(15-19-43)41-16-5-4-6-17-41/h7-9,11,13,26-27,29-30,33,35-36,38,44-45H,4-6,10,12,14-25,28H2,1-3H3/b13-11+,31-26+/t29-,30-,35+,36-,38-/m0/s1. The van der Waals surface area contributed by atoms with Crippen LogP contribution in [0.4, 0.5) is 10.5 Å². The monoisotopic (exact) mass is 680 g/mol. The molecule has 5 rings (SSSR count). The van der Waals surface area contributed by atoms with E-state index in [0.29, 0.717) is 38.5 Å². The minimum atomic E-state index is -0.821. The Bertz CT molecular complexity index is 1270. The van der Waals surface area contributed by atoms with Crippen LogP contribution in [0.25, 0.3) is 6.08 Å². The maximum Gasteiger partial charge on any atom is 0.410 e. The molecule has 1 aromatic rings. The van der Waals surface area contributed by atoms with Crippen LogP contribution in [0.15, 0.2) is 42.0 Å². The number of esters is 1. The van der Waals surface area contributed by atoms with Crippen molar-refractivity contribution in [2.45, 2.75) is 96.5 Å². The molecule has 4 aliphatic heterocycles. The van der Waals surface area contributed by atoms with Gasteiger partial charge in [-0.3, -0.25) is 9.69 Å². The molecule has 4 aliphatic rings. The van der Waals surface area contributed by atoms with Gasteiger partial charge in [0.05, 0.1) is 19.1 Å². The first-order valence-electron chi connectivity index (χ1n) is 18.8. The van der Waals surface area contributed by atoms with Gasteiger partial charge in [0.25, 0.3) is 0 Å². The molecule has 0 radical (unpaired) electrons. The topological polar surface area (TPSA) is 106 Å². The van der Waals surface area contributed by atoms with Crippen molar-refractivity contribution in [1.82, 2.24) is 14.7 Å². The number of carbonyl (C=O) groups is 2. The van der Waals surface area contributed by atoms with Crippen molar-refractivity contribution in [3.8, 4) is 0 Å². The number of likely N-dealkylation sites (tertiary alicyclic amines) is 2. The summed E-state index contributed by atoms with van der Waals surface area (Å²) in [5, 5.41) is 20.0. The predicted octanol–water partition coefficient (Wildman–Crippen LogP) is 4.94. The molecule has 49 heavy (non-hydrogen) atoms. The van der Waals surface area contributed by atoms with E-state index in [1.54, 1.807) is 0 Å². The van der Waals surface area contributed by atoms with E-state index in [9.17, 15) is 19.8 Å². The molecule has 3 saturated heterocycles. The molecular weight excluding hydrogens is 620 g/mol. The van der Waals surface area contributed by atoms with Gasteiger partial charge in [0.1, 0.15) is 12.2 Å². The summed E-state index contributed by atoms with van der Waals surface area (Å²) in [5.74, 6) is -0.621. The molecule has 5 atom stereocenters. The van der Waals surface area contributed by atoms with Crippen LogP contribution in [0.1, 0.15) is 77.7 Å². The number of piperazine rings is 1. The summed E-state index contributed by atoms with van der Waals surface area (Å²) in [6.45, 7) is 14.3. The highest BCUT2D eigenvalue weighted by Gasteiger charge is 2.31. The number of hydrogen-bond donors (Lipinski definition) is 2. The van der Waals surface area contributed by atoms with Gasteiger partial charge in [0, 0.05) is 63.5 Å². The van der Waals surface area contributed by atoms with Crippen molar-refractivity contribution in [2.75, 3.05) is 70.4 Å². The Kier molecular flexibility index (Phi) is 14.0. The first-order chi connectivity index (χ1) is 23.7. The van der Waals surface area contributed by atoms with Crippen molar-refractivity contribution in [3.05, 3.63) is 47.6 Å². The van der Waals surface area contributed by atoms with Crippen LogP contribution in [0.5, 0.6) is 0 Å². The highest BCUT2D eigenvalue weighted by Crippen LogP contribution is 2.28. The fourth-order valence-corrected chi connectivity index (χ4v) is 7.86. The Morgan fingerprint density at radius 2 is 1.69 bits per heavy atom. The number of amides is 1. The lowest BCUT2D eigenvalue weighted by Crippen LogP contribution is -2.48. The average molecular weight is 681 g/mol. The second kappa shape index (κ2) is 18.4. The van der Waals surface area contributed by atoms with Crippen LogP contribution in [0, 0.1) is 11.8 Å². The average Bonchev–Trinajstić information content (AvgIpc) is 3.11. The molecule has 3 fully saturated rings. The number of piperidine rings is 2. The van der Waals surface area contributed by atoms with Crippen LogP contribution in [-0.2, 0) is 14.3 Å². The zero-order valence-electron chi connectivity index (χ0n) is 30.0. The lowest BCUT2D eigenvalue weighted by molar-refractivity contribution is -0.151. The van der Waals surface area contributed by atoms with E-state index in [0.717, 1.165) is 55.8 Å². The Hall–Kier alpha value is -2.92. The number of ether oxygens (including phenoxy) is 2. The van der Waals surface area contributed by atoms with E-state index in [4.69, 9.17) is 9.47 Å². The zero-order chi connectivity index (χ0) is 34.8. The minimum absolute atomic E-state index is 0.0216. The summed E-state index contributed by atoms with van der Waals surface area (Å²) in [6, 6.07) is 8.95. The molecule has 0 aliphatic carbocycles. The van der Waals surface area contributed by atoms with Crippen LogP contribution in [0.3, 0.4) is 0 Å². The Morgan fingerprint density at radius 3 is 2.41 bits per heavy atom. The fraction of sp³-hybridized carbons (Fsp3) is 0.692. The number of β-amino-alcohol motifs (C(OH)–C–C–N with tert-alkyl or cyclic N) is 1. The second-order valence-corrected chi connectivity index (χ2v) is 14.8. The van der Waals surface area contributed by atoms with Gasteiger partial charge in [-0.2, -0.15) is 0 Å². The molecule has 4 heterocycles. The molecule has 0 aromatic heterocycles. The van der Waals surface area contributed by atoms with Crippen LogP contribution in [0.2, 0.25) is 0 Å². The second-order valence-electron chi connectivity index (χ2n) is 14.8. The third-order valence-electron chi connectivity index (χ3n) is 11.0. The molecule has 1 aromatic carbocycles. The largest absolute Gasteiger partial charge is 0.457 e. The third-order valence-corrected chi connectivity index (χ3v) is 11.0. The van der Waals surface area contributed by atoms with Crippen LogP contribution in [-0.4, -0.2) is 127 Å². The summed E-state index contributed by atoms with van der Waals surface area (Å²) in [7, 11) is 0. The summed E-state index contributed by atoms with van der Waals surface area (Å²) in [4.78, 5) is 35.5. The number of nitrogens with zero attached hydrogens (tertiary/aromatic N) is 4. The lowest BCUT2D eigenvalue weighted by atomic mass is 9.91. The molecule has 10 nitrogen and oxygen atoms in total. The maximum atomic E-state index is 13.4. The van der Waals surface area contributed by atoms with Crippen molar-refractivity contribution < 1.29 is 29.3 Å². The SMILES string of the molecule is C/C(=C\c1cccc(N2CCN(CCO)CC2)c1)[C@H]1OC(=O)C[C@H](O)CC[C@H](C)[C@@H](OC(=O)N2CCC(N3CCCCC3)CC2)/C=C/[C@@H]1C. The van der Waals surface area contributed by atoms with Gasteiger partial charge in [0.2, 0.25) is 0 Å². The van der Waals surface area contributed by atoms with E-state index in [1.165, 1.54) is 32.4 Å². The quantitative estimate of drug-likeness (QED) is 0.306. The molecule has 2 N–H and O–H groups in total. The van der Waals surface area contributed by atoms with Gasteiger partial charge in [-0.1, -0.05) is 44.6 Å². The van der Waals surface area contributed by atoms with Gasteiger partial charge >= 0.3 is 12.1 Å². The Balaban J connectivity index is 1.26. The van der Waals surface area contributed by atoms with E-state index < -0.39 is 24.3 Å². The van der Waals surface area contributed by atoms with E-state index in [1.807, 2.05) is 30.9 Å². The highest BCUT2D eigenvalue weighted by molar-refractivity contribution is 5.71. The van der Waals surface area contributed by atoms with E-state index in [-0.39, 0.29) is 31.0 Å². The van der Waals surface area contributed by atoms with E-state index in [2.05, 4.69) is 52.0 Å². The molecule has 272 valence electrons. The number of benzene rings is 1. The summed E-state index contributed by atoms with van der Waals surface area (Å²) >= 11 is 0. The predicted molar refractivity (Wildman–Crippen MR) is 193 cm³/mol. The van der Waals surface area contributed by atoms with Gasteiger partial charge in [-0.05, 0) is 93.8 Å². The fourth-order valence-electron chi connectivity index (χ4n) is 7.86. The van der Waals surface area contributed by atoms with Crippen LogP contribution >= 0.6 is 0 Å². The molecule has 10 heteroatoms. The van der Waals surface area contributed by atoms with Gasteiger partial charge in [-0.25, -0.2) is 4.79 Å². The van der Waals surface area contributed by atoms with Gasteiger partial charge in [-0.15, -0.1) is 0 Å². The summed E-state index contributed by atoms with van der Waals surface area (Å²) in [5.41, 5.74) is 3.07. The number of rotatable bonds is 7. The number of cyclic esters (lactones) is 1. The molecule has 0 saturated carbocycles.